The molecule has 148 valence electrons. The van der Waals surface area contributed by atoms with Crippen molar-refractivity contribution in [3.8, 4) is 0 Å². The molecule has 2 amide bonds. The molecule has 0 unspecified atom stereocenters. The number of allylic oxidation sites excluding steroid dienone is 2. The molecule has 4 atom stereocenters. The summed E-state index contributed by atoms with van der Waals surface area (Å²) in [4.78, 5) is 25.7. The predicted molar refractivity (Wildman–Crippen MR) is 115 cm³/mol. The summed E-state index contributed by atoms with van der Waals surface area (Å²) in [5.41, 5.74) is 3.21. The van der Waals surface area contributed by atoms with Gasteiger partial charge in [-0.25, -0.2) is 0 Å². The summed E-state index contributed by atoms with van der Waals surface area (Å²) in [5.74, 6) is -0.334. The van der Waals surface area contributed by atoms with Crippen LogP contribution in [0.3, 0.4) is 0 Å². The van der Waals surface area contributed by atoms with Gasteiger partial charge in [-0.05, 0) is 29.9 Å². The van der Waals surface area contributed by atoms with Gasteiger partial charge < -0.3 is 4.57 Å². The second kappa shape index (κ2) is 6.52. The van der Waals surface area contributed by atoms with Crippen molar-refractivity contribution in [3.63, 3.8) is 0 Å². The lowest BCUT2D eigenvalue weighted by Crippen LogP contribution is -2.28. The van der Waals surface area contributed by atoms with Crippen LogP contribution in [-0.4, -0.2) is 27.6 Å². The molecule has 1 aromatic heterocycles. The number of hydrazone groups is 1. The van der Waals surface area contributed by atoms with Gasteiger partial charge in [0, 0.05) is 29.2 Å². The predicted octanol–water partition coefficient (Wildman–Crippen LogP) is 3.83. The zero-order chi connectivity index (χ0) is 20.2. The normalized spacial score (nSPS) is 27.1. The Balaban J connectivity index is 1.32. The highest BCUT2D eigenvalue weighted by Crippen LogP contribution is 2.52. The molecule has 1 saturated carbocycles. The van der Waals surface area contributed by atoms with Crippen LogP contribution in [0, 0.1) is 23.7 Å². The number of carbonyl (C=O) groups excluding carboxylic acids is 2. The van der Waals surface area contributed by atoms with E-state index in [4.69, 9.17) is 0 Å². The molecule has 2 fully saturated rings. The highest BCUT2D eigenvalue weighted by Gasteiger charge is 2.59. The van der Waals surface area contributed by atoms with Crippen molar-refractivity contribution in [3.05, 3.63) is 84.1 Å². The van der Waals surface area contributed by atoms with Gasteiger partial charge in [0.05, 0.1) is 18.1 Å². The third-order valence-corrected chi connectivity index (χ3v) is 6.77. The fraction of sp³-hybridized carbons (Fsp3) is 0.240. The minimum Gasteiger partial charge on any atom is -0.342 e. The lowest BCUT2D eigenvalue weighted by molar-refractivity contribution is -0.140. The van der Waals surface area contributed by atoms with Crippen LogP contribution in [0.5, 0.6) is 0 Å². The number of rotatable bonds is 4. The van der Waals surface area contributed by atoms with E-state index in [0.29, 0.717) is 0 Å². The Labute approximate surface area is 174 Å². The van der Waals surface area contributed by atoms with Gasteiger partial charge in [0.15, 0.2) is 0 Å². The van der Waals surface area contributed by atoms with E-state index in [1.165, 1.54) is 5.56 Å². The highest BCUT2D eigenvalue weighted by molar-refractivity contribution is 6.07. The average molecular weight is 395 g/mol. The molecule has 6 rings (SSSR count). The molecule has 2 heterocycles. The van der Waals surface area contributed by atoms with Gasteiger partial charge in [-0.15, -0.1) is 0 Å². The number of imide groups is 1. The number of fused-ring (bicyclic) bond motifs is 6. The highest BCUT2D eigenvalue weighted by atomic mass is 16.2. The SMILES string of the molecule is O=C1[C@H]2[C@H](C(=O)N1/N=C\c1cn(Cc3ccccc3)c3ccccc13)[C@H]1C=C[C@H]2C1. The third-order valence-electron chi connectivity index (χ3n) is 6.77. The van der Waals surface area contributed by atoms with Gasteiger partial charge in [-0.2, -0.15) is 10.1 Å². The summed E-state index contributed by atoms with van der Waals surface area (Å²) in [5, 5.41) is 6.54. The Morgan fingerprint density at radius 1 is 0.900 bits per heavy atom. The van der Waals surface area contributed by atoms with E-state index in [1.54, 1.807) is 6.21 Å². The summed E-state index contributed by atoms with van der Waals surface area (Å²) in [6.07, 6.45) is 8.83. The zero-order valence-electron chi connectivity index (χ0n) is 16.4. The summed E-state index contributed by atoms with van der Waals surface area (Å²) in [6, 6.07) is 18.4. The van der Waals surface area contributed by atoms with E-state index in [1.807, 2.05) is 42.6 Å². The fourth-order valence-corrected chi connectivity index (χ4v) is 5.41. The zero-order valence-corrected chi connectivity index (χ0v) is 16.4. The summed E-state index contributed by atoms with van der Waals surface area (Å²) in [6.45, 7) is 0.746. The molecular formula is C25H21N3O2. The Morgan fingerprint density at radius 2 is 1.57 bits per heavy atom. The van der Waals surface area contributed by atoms with Crippen LogP contribution in [0.25, 0.3) is 10.9 Å². The first kappa shape index (κ1) is 17.4. The van der Waals surface area contributed by atoms with Crippen molar-refractivity contribution in [1.29, 1.82) is 0 Å². The van der Waals surface area contributed by atoms with Crippen LogP contribution in [0.2, 0.25) is 0 Å². The van der Waals surface area contributed by atoms with Crippen molar-refractivity contribution in [1.82, 2.24) is 9.58 Å². The first-order chi connectivity index (χ1) is 14.7. The second-order valence-corrected chi connectivity index (χ2v) is 8.45. The number of benzene rings is 2. The molecule has 0 N–H and O–H groups in total. The molecule has 2 aromatic carbocycles. The standard InChI is InChI=1S/C25H21N3O2/c29-24-22-17-10-11-18(12-17)23(22)25(30)28(24)26-13-19-15-27(14-16-6-2-1-3-7-16)21-9-5-4-8-20(19)21/h1-11,13,15,17-18,22-23H,12,14H2/b26-13-/t17-,18-,22+,23+/m0/s1. The first-order valence-electron chi connectivity index (χ1n) is 10.4. The number of hydrogen-bond acceptors (Lipinski definition) is 3. The van der Waals surface area contributed by atoms with Crippen molar-refractivity contribution in [2.75, 3.05) is 0 Å². The summed E-state index contributed by atoms with van der Waals surface area (Å²) >= 11 is 0. The summed E-state index contributed by atoms with van der Waals surface area (Å²) < 4.78 is 2.18. The van der Waals surface area contributed by atoms with E-state index in [9.17, 15) is 9.59 Å². The van der Waals surface area contributed by atoms with Gasteiger partial charge in [0.25, 0.3) is 11.8 Å². The number of hydrogen-bond donors (Lipinski definition) is 0. The van der Waals surface area contributed by atoms with Crippen LogP contribution >= 0.6 is 0 Å². The Kier molecular flexibility index (Phi) is 3.78. The molecule has 1 saturated heterocycles. The third kappa shape index (κ3) is 2.51. The monoisotopic (exact) mass is 395 g/mol. The van der Waals surface area contributed by atoms with Gasteiger partial charge >= 0.3 is 0 Å². The Morgan fingerprint density at radius 3 is 2.30 bits per heavy atom. The maximum Gasteiger partial charge on any atom is 0.254 e. The molecule has 5 nitrogen and oxygen atoms in total. The lowest BCUT2D eigenvalue weighted by atomic mass is 9.85. The van der Waals surface area contributed by atoms with E-state index in [-0.39, 0.29) is 35.5 Å². The van der Waals surface area contributed by atoms with Crippen molar-refractivity contribution >= 4 is 28.9 Å². The van der Waals surface area contributed by atoms with Gasteiger partial charge in [0.1, 0.15) is 0 Å². The molecule has 3 aromatic rings. The molecule has 3 aliphatic rings. The van der Waals surface area contributed by atoms with E-state index in [2.05, 4.69) is 40.0 Å². The largest absolute Gasteiger partial charge is 0.342 e. The molecule has 30 heavy (non-hydrogen) atoms. The van der Waals surface area contributed by atoms with Crippen LogP contribution in [-0.2, 0) is 16.1 Å². The van der Waals surface area contributed by atoms with Crippen LogP contribution in [0.1, 0.15) is 17.5 Å². The fourth-order valence-electron chi connectivity index (χ4n) is 5.41. The maximum atomic E-state index is 12.9. The summed E-state index contributed by atoms with van der Waals surface area (Å²) in [7, 11) is 0. The molecular weight excluding hydrogens is 374 g/mol. The van der Waals surface area contributed by atoms with Crippen molar-refractivity contribution in [2.45, 2.75) is 13.0 Å². The number of aromatic nitrogens is 1. The second-order valence-electron chi connectivity index (χ2n) is 8.45. The number of para-hydroxylation sites is 1. The van der Waals surface area contributed by atoms with Crippen LogP contribution in [0.15, 0.2) is 78.0 Å². The minimum atomic E-state index is -0.218. The Bertz CT molecular complexity index is 1190. The molecule has 0 spiro atoms. The van der Waals surface area contributed by atoms with Crippen molar-refractivity contribution in [2.24, 2.45) is 28.8 Å². The number of amides is 2. The maximum absolute atomic E-state index is 12.9. The van der Waals surface area contributed by atoms with Gasteiger partial charge in [-0.1, -0.05) is 60.7 Å². The van der Waals surface area contributed by atoms with Crippen LogP contribution in [0.4, 0.5) is 0 Å². The van der Waals surface area contributed by atoms with Gasteiger partial charge in [0.2, 0.25) is 0 Å². The quantitative estimate of drug-likeness (QED) is 0.383. The van der Waals surface area contributed by atoms with Crippen LogP contribution < -0.4 is 0 Å². The molecule has 2 bridgehead atoms. The average Bonchev–Trinajstić information content (AvgIpc) is 3.52. The van der Waals surface area contributed by atoms with E-state index >= 15 is 0 Å². The molecule has 0 radical (unpaired) electrons. The number of nitrogens with zero attached hydrogens (tertiary/aromatic N) is 3. The smallest absolute Gasteiger partial charge is 0.254 e. The lowest BCUT2D eigenvalue weighted by Gasteiger charge is -2.13. The first-order valence-corrected chi connectivity index (χ1v) is 10.4. The molecule has 1 aliphatic heterocycles. The number of carbonyl (C=O) groups is 2. The minimum absolute atomic E-state index is 0.147. The molecule has 5 heteroatoms. The Hall–Kier alpha value is -3.47. The van der Waals surface area contributed by atoms with Gasteiger partial charge in [-0.3, -0.25) is 9.59 Å². The van der Waals surface area contributed by atoms with E-state index in [0.717, 1.165) is 34.4 Å². The van der Waals surface area contributed by atoms with E-state index < -0.39 is 0 Å². The molecule has 2 aliphatic carbocycles. The van der Waals surface area contributed by atoms with Crippen molar-refractivity contribution < 1.29 is 9.59 Å². The topological polar surface area (TPSA) is 54.7 Å².